The first-order valence-corrected chi connectivity index (χ1v) is 9.46. The lowest BCUT2D eigenvalue weighted by Gasteiger charge is -2.30. The summed E-state index contributed by atoms with van der Waals surface area (Å²) in [7, 11) is 0. The van der Waals surface area contributed by atoms with E-state index in [2.05, 4.69) is 15.4 Å². The fraction of sp³-hybridized carbons (Fsp3) is 0.381. The van der Waals surface area contributed by atoms with Gasteiger partial charge in [0.1, 0.15) is 5.69 Å². The van der Waals surface area contributed by atoms with E-state index in [-0.39, 0.29) is 24.5 Å². The number of aromatic nitrogens is 2. The lowest BCUT2D eigenvalue weighted by atomic mass is 10.0. The number of carboxylic acid groups (broad SMARTS) is 1. The topological polar surface area (TPSA) is 112 Å². The highest BCUT2D eigenvalue weighted by Gasteiger charge is 2.33. The van der Waals surface area contributed by atoms with Crippen molar-refractivity contribution in [3.05, 3.63) is 59.7 Å². The second-order valence-electron chi connectivity index (χ2n) is 7.22. The first kappa shape index (κ1) is 22.0. The first-order valence-electron chi connectivity index (χ1n) is 9.46. The van der Waals surface area contributed by atoms with Gasteiger partial charge in [0.2, 0.25) is 5.91 Å². The Balaban J connectivity index is 2.20. The molecule has 154 valence electrons. The zero-order chi connectivity index (χ0) is 21.4. The van der Waals surface area contributed by atoms with E-state index in [0.29, 0.717) is 12.1 Å². The molecule has 1 aromatic carbocycles. The number of nitrogens with one attached hydrogen (secondary N) is 1. The fourth-order valence-electron chi connectivity index (χ4n) is 2.75. The molecule has 0 spiro atoms. The summed E-state index contributed by atoms with van der Waals surface area (Å²) in [5, 5.41) is 10.5. The van der Waals surface area contributed by atoms with Crippen molar-refractivity contribution in [3.8, 4) is 0 Å². The van der Waals surface area contributed by atoms with E-state index in [1.807, 2.05) is 44.2 Å². The van der Waals surface area contributed by atoms with E-state index in [0.717, 1.165) is 10.6 Å². The normalized spacial score (nSPS) is 11.7. The number of carbonyl (C=O) groups is 3. The van der Waals surface area contributed by atoms with Gasteiger partial charge in [-0.1, -0.05) is 44.2 Å². The minimum atomic E-state index is -1.22. The van der Waals surface area contributed by atoms with Crippen molar-refractivity contribution < 1.29 is 19.5 Å². The Hall–Kier alpha value is -3.29. The molecule has 0 fully saturated rings. The van der Waals surface area contributed by atoms with E-state index < -0.39 is 23.8 Å². The van der Waals surface area contributed by atoms with Crippen molar-refractivity contribution in [2.45, 2.75) is 46.1 Å². The highest BCUT2D eigenvalue weighted by molar-refractivity contribution is 5.96. The van der Waals surface area contributed by atoms with Crippen LogP contribution < -0.4 is 5.43 Å². The molecule has 1 heterocycles. The Morgan fingerprint density at radius 2 is 1.79 bits per heavy atom. The maximum atomic E-state index is 12.9. The largest absolute Gasteiger partial charge is 0.480 e. The van der Waals surface area contributed by atoms with E-state index in [1.54, 1.807) is 6.92 Å². The molecule has 1 aromatic heterocycles. The molecule has 29 heavy (non-hydrogen) atoms. The molecule has 8 nitrogen and oxygen atoms in total. The zero-order valence-electron chi connectivity index (χ0n) is 16.8. The molecule has 0 aliphatic carbocycles. The van der Waals surface area contributed by atoms with Crippen LogP contribution in [0.1, 0.15) is 48.4 Å². The van der Waals surface area contributed by atoms with Gasteiger partial charge in [-0.2, -0.15) is 0 Å². The van der Waals surface area contributed by atoms with Gasteiger partial charge in [0, 0.05) is 12.6 Å². The fourth-order valence-corrected chi connectivity index (χ4v) is 2.75. The second-order valence-corrected chi connectivity index (χ2v) is 7.22. The van der Waals surface area contributed by atoms with Gasteiger partial charge < -0.3 is 5.11 Å². The van der Waals surface area contributed by atoms with E-state index >= 15 is 0 Å². The molecule has 2 N–H and O–H groups in total. The third-order valence-corrected chi connectivity index (χ3v) is 4.24. The minimum Gasteiger partial charge on any atom is -0.480 e. The van der Waals surface area contributed by atoms with Crippen LogP contribution in [0.2, 0.25) is 0 Å². The van der Waals surface area contributed by atoms with Crippen molar-refractivity contribution in [2.75, 3.05) is 0 Å². The van der Waals surface area contributed by atoms with Gasteiger partial charge in [-0.3, -0.25) is 20.0 Å². The smallest absolute Gasteiger partial charge is 0.328 e. The van der Waals surface area contributed by atoms with Crippen LogP contribution in [-0.4, -0.2) is 43.9 Å². The first-order chi connectivity index (χ1) is 13.8. The van der Waals surface area contributed by atoms with Crippen molar-refractivity contribution >= 4 is 17.8 Å². The van der Waals surface area contributed by atoms with Gasteiger partial charge in [0.15, 0.2) is 6.04 Å². The van der Waals surface area contributed by atoms with Crippen molar-refractivity contribution in [1.29, 1.82) is 0 Å². The van der Waals surface area contributed by atoms with Crippen LogP contribution in [-0.2, 0) is 16.0 Å². The molecule has 2 rings (SSSR count). The molecular formula is C21H26N4O4. The van der Waals surface area contributed by atoms with Crippen LogP contribution in [0, 0.1) is 12.8 Å². The molecule has 2 amide bonds. The number of aliphatic carboxylic acids is 1. The third kappa shape index (κ3) is 6.67. The van der Waals surface area contributed by atoms with Crippen LogP contribution in [0.15, 0.2) is 42.7 Å². The predicted octanol–water partition coefficient (Wildman–Crippen LogP) is 2.39. The highest BCUT2D eigenvalue weighted by Crippen LogP contribution is 2.14. The number of hydrogen-bond acceptors (Lipinski definition) is 5. The van der Waals surface area contributed by atoms with Crippen molar-refractivity contribution in [1.82, 2.24) is 20.4 Å². The molecule has 0 aliphatic rings. The molecular weight excluding hydrogens is 372 g/mol. The Morgan fingerprint density at radius 3 is 2.34 bits per heavy atom. The lowest BCUT2D eigenvalue weighted by Crippen LogP contribution is -2.55. The number of carboxylic acids is 1. The minimum absolute atomic E-state index is 0.00303. The average Bonchev–Trinajstić information content (AvgIpc) is 2.69. The Bertz CT molecular complexity index is 838. The summed E-state index contributed by atoms with van der Waals surface area (Å²) >= 11 is 0. The van der Waals surface area contributed by atoms with E-state index in [9.17, 15) is 19.5 Å². The van der Waals surface area contributed by atoms with Gasteiger partial charge in [-0.25, -0.2) is 14.8 Å². The van der Waals surface area contributed by atoms with Crippen LogP contribution in [0.5, 0.6) is 0 Å². The molecule has 0 aliphatic heterocycles. The third-order valence-electron chi connectivity index (χ3n) is 4.24. The zero-order valence-corrected chi connectivity index (χ0v) is 16.8. The van der Waals surface area contributed by atoms with Gasteiger partial charge in [-0.15, -0.1) is 0 Å². The number of hydrazine groups is 1. The molecule has 1 unspecified atom stereocenters. The van der Waals surface area contributed by atoms with Crippen LogP contribution in [0.25, 0.3) is 0 Å². The van der Waals surface area contributed by atoms with Gasteiger partial charge in [0.05, 0.1) is 11.9 Å². The molecule has 8 heteroatoms. The number of rotatable bonds is 8. The van der Waals surface area contributed by atoms with E-state index in [1.165, 1.54) is 12.4 Å². The maximum Gasteiger partial charge on any atom is 0.328 e. The number of carbonyl (C=O) groups excluding carboxylic acids is 2. The Labute approximate surface area is 170 Å². The van der Waals surface area contributed by atoms with Crippen molar-refractivity contribution in [2.24, 2.45) is 5.92 Å². The average molecular weight is 398 g/mol. The van der Waals surface area contributed by atoms with Crippen molar-refractivity contribution in [3.63, 3.8) is 0 Å². The summed E-state index contributed by atoms with van der Waals surface area (Å²) in [6.07, 6.45) is 3.46. The molecule has 1 atom stereocenters. The SMILES string of the molecule is Cc1cnc(C(=O)N(NC(=O)CCc2ccccc2)C(CC(C)C)C(=O)O)cn1. The van der Waals surface area contributed by atoms with Gasteiger partial charge in [-0.05, 0) is 31.2 Å². The number of nitrogens with zero attached hydrogens (tertiary/aromatic N) is 3. The van der Waals surface area contributed by atoms with E-state index in [4.69, 9.17) is 0 Å². The van der Waals surface area contributed by atoms with Gasteiger partial charge in [0.25, 0.3) is 5.91 Å². The molecule has 0 saturated carbocycles. The summed E-state index contributed by atoms with van der Waals surface area (Å²) in [4.78, 5) is 45.3. The summed E-state index contributed by atoms with van der Waals surface area (Å²) in [5.41, 5.74) is 4.05. The second kappa shape index (κ2) is 10.3. The van der Waals surface area contributed by atoms with Crippen LogP contribution in [0.4, 0.5) is 0 Å². The maximum absolute atomic E-state index is 12.9. The number of benzene rings is 1. The van der Waals surface area contributed by atoms with Gasteiger partial charge >= 0.3 is 5.97 Å². The molecule has 0 radical (unpaired) electrons. The molecule has 0 bridgehead atoms. The number of hydrogen-bond donors (Lipinski definition) is 2. The Kier molecular flexibility index (Phi) is 7.82. The predicted molar refractivity (Wildman–Crippen MR) is 107 cm³/mol. The number of amides is 2. The monoisotopic (exact) mass is 398 g/mol. The summed E-state index contributed by atoms with van der Waals surface area (Å²) in [5.74, 6) is -2.36. The summed E-state index contributed by atoms with van der Waals surface area (Å²) in [6, 6.07) is 8.22. The molecule has 0 saturated heterocycles. The van der Waals surface area contributed by atoms with Crippen LogP contribution in [0.3, 0.4) is 0 Å². The highest BCUT2D eigenvalue weighted by atomic mass is 16.4. The summed E-state index contributed by atoms with van der Waals surface area (Å²) < 4.78 is 0. The number of aryl methyl sites for hydroxylation is 2. The van der Waals surface area contributed by atoms with Crippen LogP contribution >= 0.6 is 0 Å². The standard InChI is InChI=1S/C21H26N4O4/c1-14(2)11-18(21(28)29)25(20(27)17-13-22-15(3)12-23-17)24-19(26)10-9-16-7-5-4-6-8-16/h4-8,12-14,18H,9-11H2,1-3H3,(H,24,26)(H,28,29). The molecule has 2 aromatic rings. The summed E-state index contributed by atoms with van der Waals surface area (Å²) in [6.45, 7) is 5.42. The Morgan fingerprint density at radius 1 is 1.10 bits per heavy atom. The lowest BCUT2D eigenvalue weighted by molar-refractivity contribution is -0.145. The quantitative estimate of drug-likeness (QED) is 0.660.